The number of hydrogen-bond donors (Lipinski definition) is 1. The number of carbonyl (C=O) groups excluding carboxylic acids is 1. The highest BCUT2D eigenvalue weighted by Crippen LogP contribution is 2.33. The van der Waals surface area contributed by atoms with Gasteiger partial charge in [0.1, 0.15) is 18.1 Å². The van der Waals surface area contributed by atoms with Gasteiger partial charge in [0.25, 0.3) is 5.91 Å². The van der Waals surface area contributed by atoms with Gasteiger partial charge in [-0.15, -0.1) is 0 Å². The monoisotopic (exact) mass is 632 g/mol. The molecule has 2 aromatic rings. The summed E-state index contributed by atoms with van der Waals surface area (Å²) < 4.78 is 13.1. The van der Waals surface area contributed by atoms with E-state index in [1.807, 2.05) is 49.4 Å². The summed E-state index contributed by atoms with van der Waals surface area (Å²) in [4.78, 5) is 17.5. The molecule has 1 fully saturated rings. The molecule has 5 nitrogen and oxygen atoms in total. The summed E-state index contributed by atoms with van der Waals surface area (Å²) in [6.45, 7) is 6.69. The lowest BCUT2D eigenvalue weighted by Gasteiger charge is -2.09. The molecule has 29 heavy (non-hydrogen) atoms. The number of rotatable bonds is 7. The number of nitrogens with one attached hydrogen (secondary N) is 1. The van der Waals surface area contributed by atoms with E-state index in [1.54, 1.807) is 6.08 Å². The maximum atomic E-state index is 12.4. The van der Waals surface area contributed by atoms with Crippen molar-refractivity contribution in [3.05, 3.63) is 66.7 Å². The van der Waals surface area contributed by atoms with E-state index in [0.717, 1.165) is 29.9 Å². The van der Waals surface area contributed by atoms with Gasteiger partial charge in [0.15, 0.2) is 5.17 Å². The number of aliphatic imine (C=N–C) groups is 1. The molecule has 3 rings (SSSR count). The molecular formula is C21H18I2N2O3S. The Balaban J connectivity index is 1.77. The average molecular weight is 632 g/mol. The molecule has 0 aliphatic carbocycles. The van der Waals surface area contributed by atoms with Gasteiger partial charge >= 0.3 is 0 Å². The molecule has 2 aromatic carbocycles. The number of amidine groups is 1. The zero-order chi connectivity index (χ0) is 20.8. The largest absolute Gasteiger partial charge is 0.494 e. The zero-order valence-corrected chi connectivity index (χ0v) is 20.7. The van der Waals surface area contributed by atoms with Crippen molar-refractivity contribution in [3.8, 4) is 11.5 Å². The van der Waals surface area contributed by atoms with Crippen LogP contribution < -0.4 is 14.8 Å². The van der Waals surface area contributed by atoms with Crippen molar-refractivity contribution in [2.75, 3.05) is 13.2 Å². The second-order valence-corrected chi connectivity index (χ2v) is 9.18. The molecule has 1 N–H and O–H groups in total. The van der Waals surface area contributed by atoms with Gasteiger partial charge in [0, 0.05) is 0 Å². The van der Waals surface area contributed by atoms with E-state index in [1.165, 1.54) is 11.8 Å². The van der Waals surface area contributed by atoms with Gasteiger partial charge in [0.2, 0.25) is 0 Å². The van der Waals surface area contributed by atoms with Gasteiger partial charge in [-0.25, -0.2) is 4.99 Å². The predicted octanol–water partition coefficient (Wildman–Crippen LogP) is 5.75. The first-order chi connectivity index (χ1) is 14.0. The summed E-state index contributed by atoms with van der Waals surface area (Å²) in [5.41, 5.74) is 1.69. The van der Waals surface area contributed by atoms with Crippen LogP contribution in [0.15, 0.2) is 59.0 Å². The van der Waals surface area contributed by atoms with E-state index in [-0.39, 0.29) is 5.91 Å². The van der Waals surface area contributed by atoms with Crippen LogP contribution in [-0.4, -0.2) is 24.3 Å². The molecule has 0 unspecified atom stereocenters. The minimum atomic E-state index is -0.156. The first-order valence-electron chi connectivity index (χ1n) is 8.75. The quantitative estimate of drug-likeness (QED) is 0.240. The summed E-state index contributed by atoms with van der Waals surface area (Å²) in [6, 6.07) is 11.4. The molecule has 1 saturated heterocycles. The van der Waals surface area contributed by atoms with Crippen LogP contribution in [0.2, 0.25) is 0 Å². The molecule has 0 bridgehead atoms. The molecule has 0 radical (unpaired) electrons. The first kappa shape index (κ1) is 22.2. The van der Waals surface area contributed by atoms with Crippen LogP contribution in [0.5, 0.6) is 11.5 Å². The fourth-order valence-corrected chi connectivity index (χ4v) is 5.45. The molecule has 1 amide bonds. The molecule has 0 atom stereocenters. The Morgan fingerprint density at radius 1 is 1.17 bits per heavy atom. The fourth-order valence-electron chi connectivity index (χ4n) is 2.48. The number of thioether (sulfide) groups is 1. The number of carbonyl (C=O) groups is 1. The Kier molecular flexibility index (Phi) is 8.01. The third-order valence-corrected chi connectivity index (χ3v) is 6.21. The summed E-state index contributed by atoms with van der Waals surface area (Å²) in [6.07, 6.45) is 3.58. The standard InChI is InChI=1S/C21H18I2N2O3S/c1-3-9-28-19-16(22)10-13(11-17(19)23)12-18-20(26)25-21(29-18)24-14-5-7-15(8-6-14)27-4-2/h3,5-8,10-12H,1,4,9H2,2H3,(H,24,25,26)/b18-12-. The summed E-state index contributed by atoms with van der Waals surface area (Å²) in [7, 11) is 0. The van der Waals surface area contributed by atoms with Crippen LogP contribution in [-0.2, 0) is 4.79 Å². The van der Waals surface area contributed by atoms with E-state index in [4.69, 9.17) is 9.47 Å². The Bertz CT molecular complexity index is 965. The van der Waals surface area contributed by atoms with Crippen LogP contribution in [0.1, 0.15) is 12.5 Å². The van der Waals surface area contributed by atoms with Gasteiger partial charge in [-0.3, -0.25) is 4.79 Å². The van der Waals surface area contributed by atoms with Crippen LogP contribution in [0.3, 0.4) is 0 Å². The highest BCUT2D eigenvalue weighted by Gasteiger charge is 2.24. The summed E-state index contributed by atoms with van der Waals surface area (Å²) in [5.74, 6) is 1.47. The molecule has 1 heterocycles. The van der Waals surface area contributed by atoms with Crippen LogP contribution >= 0.6 is 56.9 Å². The van der Waals surface area contributed by atoms with Gasteiger partial charge < -0.3 is 14.8 Å². The lowest BCUT2D eigenvalue weighted by molar-refractivity contribution is -0.115. The van der Waals surface area contributed by atoms with Gasteiger partial charge in [-0.2, -0.15) is 0 Å². The van der Waals surface area contributed by atoms with E-state index in [0.29, 0.717) is 23.3 Å². The van der Waals surface area contributed by atoms with E-state index in [9.17, 15) is 4.79 Å². The van der Waals surface area contributed by atoms with Gasteiger partial charge in [0.05, 0.1) is 24.3 Å². The highest BCUT2D eigenvalue weighted by atomic mass is 127. The predicted molar refractivity (Wildman–Crippen MR) is 136 cm³/mol. The number of benzene rings is 2. The molecule has 8 heteroatoms. The maximum Gasteiger partial charge on any atom is 0.264 e. The average Bonchev–Trinajstić information content (AvgIpc) is 3.02. The van der Waals surface area contributed by atoms with Crippen molar-refractivity contribution in [2.24, 2.45) is 4.99 Å². The van der Waals surface area contributed by atoms with Crippen molar-refractivity contribution in [2.45, 2.75) is 6.92 Å². The smallest absolute Gasteiger partial charge is 0.264 e. The number of halogens is 2. The van der Waals surface area contributed by atoms with Gasteiger partial charge in [-0.05, 0) is 112 Å². The first-order valence-corrected chi connectivity index (χ1v) is 11.7. The van der Waals surface area contributed by atoms with E-state index >= 15 is 0 Å². The third-order valence-electron chi connectivity index (χ3n) is 3.69. The lowest BCUT2D eigenvalue weighted by atomic mass is 10.2. The Morgan fingerprint density at radius 3 is 2.48 bits per heavy atom. The van der Waals surface area contributed by atoms with Crippen LogP contribution in [0.25, 0.3) is 6.08 Å². The molecule has 1 aliphatic heterocycles. The number of amides is 1. The normalized spacial score (nSPS) is 16.2. The second-order valence-electron chi connectivity index (χ2n) is 5.82. The minimum Gasteiger partial charge on any atom is -0.494 e. The lowest BCUT2D eigenvalue weighted by Crippen LogP contribution is -2.19. The minimum absolute atomic E-state index is 0.156. The van der Waals surface area contributed by atoms with Crippen LogP contribution in [0, 0.1) is 7.14 Å². The maximum absolute atomic E-state index is 12.4. The number of ether oxygens (including phenoxy) is 2. The highest BCUT2D eigenvalue weighted by molar-refractivity contribution is 14.1. The molecule has 0 spiro atoms. The third kappa shape index (κ3) is 5.98. The van der Waals surface area contributed by atoms with Crippen LogP contribution in [0.4, 0.5) is 5.69 Å². The van der Waals surface area contributed by atoms with Crippen molar-refractivity contribution in [1.82, 2.24) is 5.32 Å². The topological polar surface area (TPSA) is 59.9 Å². The Labute approximate surface area is 201 Å². The van der Waals surface area contributed by atoms with E-state index in [2.05, 4.69) is 62.1 Å². The molecular weight excluding hydrogens is 614 g/mol. The summed E-state index contributed by atoms with van der Waals surface area (Å²) in [5, 5.41) is 3.37. The molecule has 0 aromatic heterocycles. The SMILES string of the molecule is C=CCOc1c(I)cc(/C=C2\SC(=Nc3ccc(OCC)cc3)NC2=O)cc1I. The van der Waals surface area contributed by atoms with E-state index < -0.39 is 0 Å². The fraction of sp³-hybridized carbons (Fsp3) is 0.143. The zero-order valence-electron chi connectivity index (χ0n) is 15.6. The van der Waals surface area contributed by atoms with Crippen molar-refractivity contribution in [3.63, 3.8) is 0 Å². The molecule has 1 aliphatic rings. The Morgan fingerprint density at radius 2 is 1.86 bits per heavy atom. The van der Waals surface area contributed by atoms with Gasteiger partial charge in [-0.1, -0.05) is 12.7 Å². The number of hydrogen-bond acceptors (Lipinski definition) is 5. The van der Waals surface area contributed by atoms with Crippen molar-refractivity contribution in [1.29, 1.82) is 0 Å². The Hall–Kier alpha value is -1.53. The van der Waals surface area contributed by atoms with Crippen molar-refractivity contribution >= 4 is 79.8 Å². The summed E-state index contributed by atoms with van der Waals surface area (Å²) >= 11 is 5.79. The van der Waals surface area contributed by atoms with Crippen molar-refractivity contribution < 1.29 is 14.3 Å². The molecule has 150 valence electrons. The second kappa shape index (κ2) is 10.5. The number of nitrogens with zero attached hydrogens (tertiary/aromatic N) is 1. The molecule has 0 saturated carbocycles.